The van der Waals surface area contributed by atoms with Gasteiger partial charge in [0.25, 0.3) is 0 Å². The number of nitrogens with two attached hydrogens (primary N) is 1. The van der Waals surface area contributed by atoms with Gasteiger partial charge < -0.3 is 14.9 Å². The molecule has 0 fully saturated rings. The molecule has 0 bridgehead atoms. The van der Waals surface area contributed by atoms with Crippen molar-refractivity contribution in [3.8, 4) is 0 Å². The van der Waals surface area contributed by atoms with Crippen LogP contribution in [0.5, 0.6) is 0 Å². The number of ether oxygens (including phenoxy) is 1. The highest BCUT2D eigenvalue weighted by atomic mass is 16.5. The van der Waals surface area contributed by atoms with Gasteiger partial charge in [0.2, 0.25) is 0 Å². The van der Waals surface area contributed by atoms with E-state index in [0.29, 0.717) is 6.54 Å². The Labute approximate surface area is 91.0 Å². The first kappa shape index (κ1) is 12.2. The van der Waals surface area contributed by atoms with Gasteiger partial charge in [-0.2, -0.15) is 0 Å². The Balaban J connectivity index is 2.43. The number of hydrogen-bond donors (Lipinski definition) is 1. The molecular weight excluding hydrogens is 192 g/mol. The van der Waals surface area contributed by atoms with E-state index in [4.69, 9.17) is 14.9 Å². The maximum atomic E-state index is 5.51. The fourth-order valence-corrected chi connectivity index (χ4v) is 1.41. The molecule has 0 aliphatic rings. The van der Waals surface area contributed by atoms with Gasteiger partial charge in [-0.05, 0) is 12.6 Å². The van der Waals surface area contributed by atoms with Crippen LogP contribution in [0.1, 0.15) is 18.2 Å². The summed E-state index contributed by atoms with van der Waals surface area (Å²) in [5, 5.41) is 0. The normalized spacial score (nSPS) is 11.2. The maximum Gasteiger partial charge on any atom is 0.118 e. The summed E-state index contributed by atoms with van der Waals surface area (Å²) in [5.74, 6) is 0.966. The summed E-state index contributed by atoms with van der Waals surface area (Å²) >= 11 is 0. The molecule has 1 heterocycles. The molecule has 0 spiro atoms. The molecule has 0 radical (unpaired) electrons. The van der Waals surface area contributed by atoms with Crippen LogP contribution in [0.25, 0.3) is 0 Å². The second-order valence-electron chi connectivity index (χ2n) is 3.49. The van der Waals surface area contributed by atoms with E-state index in [1.807, 2.05) is 6.07 Å². The fraction of sp³-hybridized carbons (Fsp3) is 0.636. The van der Waals surface area contributed by atoms with Crippen LogP contribution in [0.2, 0.25) is 0 Å². The topological polar surface area (TPSA) is 51.6 Å². The SMILES string of the molecule is CCN(CCOC)Cc1cc(CN)co1. The molecule has 0 atom stereocenters. The Bertz CT molecular complexity index is 273. The van der Waals surface area contributed by atoms with Gasteiger partial charge in [0.15, 0.2) is 0 Å². The molecule has 4 nitrogen and oxygen atoms in total. The lowest BCUT2D eigenvalue weighted by Gasteiger charge is -2.18. The number of methoxy groups -OCH3 is 1. The molecule has 1 rings (SSSR count). The highest BCUT2D eigenvalue weighted by Crippen LogP contribution is 2.09. The Morgan fingerprint density at radius 2 is 2.33 bits per heavy atom. The van der Waals surface area contributed by atoms with Crippen molar-refractivity contribution in [3.63, 3.8) is 0 Å². The van der Waals surface area contributed by atoms with Gasteiger partial charge in [0.1, 0.15) is 5.76 Å². The standard InChI is InChI=1S/C11H20N2O2/c1-3-13(4-5-14-2)8-11-6-10(7-12)9-15-11/h6,9H,3-5,7-8,12H2,1-2H3. The molecule has 0 aliphatic carbocycles. The molecule has 1 aromatic rings. The molecule has 15 heavy (non-hydrogen) atoms. The van der Waals surface area contributed by atoms with E-state index >= 15 is 0 Å². The second kappa shape index (κ2) is 6.61. The molecule has 0 aromatic carbocycles. The first-order chi connectivity index (χ1) is 7.30. The molecule has 86 valence electrons. The minimum atomic E-state index is 0.535. The monoisotopic (exact) mass is 212 g/mol. The van der Waals surface area contributed by atoms with Crippen molar-refractivity contribution >= 4 is 0 Å². The van der Waals surface area contributed by atoms with Crippen molar-refractivity contribution in [3.05, 3.63) is 23.7 Å². The first-order valence-corrected chi connectivity index (χ1v) is 5.27. The van der Waals surface area contributed by atoms with E-state index in [9.17, 15) is 0 Å². The Hall–Kier alpha value is -0.840. The van der Waals surface area contributed by atoms with Crippen molar-refractivity contribution in [1.29, 1.82) is 0 Å². The molecule has 0 saturated heterocycles. The van der Waals surface area contributed by atoms with Crippen LogP contribution < -0.4 is 5.73 Å². The molecule has 0 amide bonds. The van der Waals surface area contributed by atoms with Gasteiger partial charge in [-0.25, -0.2) is 0 Å². The average Bonchev–Trinajstić information content (AvgIpc) is 2.71. The number of rotatable bonds is 7. The summed E-state index contributed by atoms with van der Waals surface area (Å²) in [5.41, 5.74) is 6.56. The summed E-state index contributed by atoms with van der Waals surface area (Å²) in [6.07, 6.45) is 1.72. The van der Waals surface area contributed by atoms with Gasteiger partial charge in [-0.15, -0.1) is 0 Å². The first-order valence-electron chi connectivity index (χ1n) is 5.27. The molecule has 2 N–H and O–H groups in total. The summed E-state index contributed by atoms with van der Waals surface area (Å²) < 4.78 is 10.5. The van der Waals surface area contributed by atoms with Crippen LogP contribution in [0.3, 0.4) is 0 Å². The zero-order valence-electron chi connectivity index (χ0n) is 9.53. The summed E-state index contributed by atoms with van der Waals surface area (Å²) in [6, 6.07) is 2.01. The number of furan rings is 1. The van der Waals surface area contributed by atoms with E-state index < -0.39 is 0 Å². The highest BCUT2D eigenvalue weighted by molar-refractivity contribution is 5.12. The van der Waals surface area contributed by atoms with E-state index in [0.717, 1.165) is 37.6 Å². The zero-order valence-corrected chi connectivity index (χ0v) is 9.53. The molecule has 0 unspecified atom stereocenters. The summed E-state index contributed by atoms with van der Waals surface area (Å²) in [6.45, 7) is 6.14. The van der Waals surface area contributed by atoms with Crippen molar-refractivity contribution in [1.82, 2.24) is 4.90 Å². The number of likely N-dealkylation sites (N-methyl/N-ethyl adjacent to an activating group) is 1. The quantitative estimate of drug-likeness (QED) is 0.738. The van der Waals surface area contributed by atoms with Gasteiger partial charge in [-0.3, -0.25) is 4.90 Å². The number of nitrogens with zero attached hydrogens (tertiary/aromatic N) is 1. The molecule has 0 aliphatic heterocycles. The highest BCUT2D eigenvalue weighted by Gasteiger charge is 2.06. The van der Waals surface area contributed by atoms with E-state index in [1.165, 1.54) is 0 Å². The van der Waals surface area contributed by atoms with Crippen LogP contribution in [-0.4, -0.2) is 31.7 Å². The third kappa shape index (κ3) is 4.03. The van der Waals surface area contributed by atoms with Crippen LogP contribution in [0.15, 0.2) is 16.7 Å². The van der Waals surface area contributed by atoms with Crippen LogP contribution in [0.4, 0.5) is 0 Å². The third-order valence-electron chi connectivity index (χ3n) is 2.38. The Kier molecular flexibility index (Phi) is 5.39. The predicted molar refractivity (Wildman–Crippen MR) is 59.4 cm³/mol. The van der Waals surface area contributed by atoms with E-state index in [2.05, 4.69) is 11.8 Å². The smallest absolute Gasteiger partial charge is 0.118 e. The summed E-state index contributed by atoms with van der Waals surface area (Å²) in [4.78, 5) is 2.27. The lowest BCUT2D eigenvalue weighted by Crippen LogP contribution is -2.26. The lowest BCUT2D eigenvalue weighted by atomic mass is 10.3. The molecular formula is C11H20N2O2. The minimum Gasteiger partial charge on any atom is -0.468 e. The zero-order chi connectivity index (χ0) is 11.1. The van der Waals surface area contributed by atoms with Crippen molar-refractivity contribution in [2.45, 2.75) is 20.0 Å². The van der Waals surface area contributed by atoms with Gasteiger partial charge in [0.05, 0.1) is 19.4 Å². The predicted octanol–water partition coefficient (Wildman–Crippen LogP) is 1.21. The number of hydrogen-bond acceptors (Lipinski definition) is 4. The summed E-state index contributed by atoms with van der Waals surface area (Å²) in [7, 11) is 1.72. The van der Waals surface area contributed by atoms with Crippen LogP contribution in [0, 0.1) is 0 Å². The lowest BCUT2D eigenvalue weighted by molar-refractivity contribution is 0.143. The third-order valence-corrected chi connectivity index (χ3v) is 2.38. The van der Waals surface area contributed by atoms with Crippen molar-refractivity contribution < 1.29 is 9.15 Å². The maximum absolute atomic E-state index is 5.51. The second-order valence-corrected chi connectivity index (χ2v) is 3.49. The Morgan fingerprint density at radius 1 is 1.53 bits per heavy atom. The van der Waals surface area contributed by atoms with Crippen LogP contribution >= 0.6 is 0 Å². The van der Waals surface area contributed by atoms with Crippen molar-refractivity contribution in [2.24, 2.45) is 5.73 Å². The fourth-order valence-electron chi connectivity index (χ4n) is 1.41. The molecule has 0 saturated carbocycles. The average molecular weight is 212 g/mol. The van der Waals surface area contributed by atoms with Gasteiger partial charge >= 0.3 is 0 Å². The van der Waals surface area contributed by atoms with Gasteiger partial charge in [0, 0.05) is 25.8 Å². The van der Waals surface area contributed by atoms with E-state index in [1.54, 1.807) is 13.4 Å². The molecule has 1 aromatic heterocycles. The largest absolute Gasteiger partial charge is 0.468 e. The van der Waals surface area contributed by atoms with Crippen molar-refractivity contribution in [2.75, 3.05) is 26.8 Å². The van der Waals surface area contributed by atoms with E-state index in [-0.39, 0.29) is 0 Å². The molecule has 4 heteroatoms. The Morgan fingerprint density at radius 3 is 2.87 bits per heavy atom. The van der Waals surface area contributed by atoms with Crippen LogP contribution in [-0.2, 0) is 17.8 Å². The van der Waals surface area contributed by atoms with Gasteiger partial charge in [-0.1, -0.05) is 6.92 Å². The minimum absolute atomic E-state index is 0.535.